The third-order valence-corrected chi connectivity index (χ3v) is 4.35. The molecule has 0 aromatic heterocycles. The molecule has 0 aliphatic carbocycles. The number of hydrogen-bond donors (Lipinski definition) is 2. The quantitative estimate of drug-likeness (QED) is 0.455. The number of halogens is 1. The maximum atomic E-state index is 12.4. The van der Waals surface area contributed by atoms with E-state index in [-0.39, 0.29) is 18.0 Å². The highest BCUT2D eigenvalue weighted by atomic mass is 35.5. The predicted octanol–water partition coefficient (Wildman–Crippen LogP) is 4.68. The molecule has 146 valence electrons. The van der Waals surface area contributed by atoms with Gasteiger partial charge in [0, 0.05) is 22.2 Å². The van der Waals surface area contributed by atoms with Crippen molar-refractivity contribution in [1.82, 2.24) is 0 Å². The van der Waals surface area contributed by atoms with E-state index in [0.29, 0.717) is 27.5 Å². The summed E-state index contributed by atoms with van der Waals surface area (Å²) in [4.78, 5) is 35.5. The minimum absolute atomic E-state index is 0.119. The summed E-state index contributed by atoms with van der Waals surface area (Å²) in [7, 11) is 0. The number of rotatable bonds is 6. The van der Waals surface area contributed by atoms with Crippen LogP contribution in [0.15, 0.2) is 72.8 Å². The average molecular weight is 410 g/mol. The van der Waals surface area contributed by atoms with Gasteiger partial charge in [-0.05, 0) is 36.4 Å². The van der Waals surface area contributed by atoms with Gasteiger partial charge < -0.3 is 10.6 Å². The van der Waals surface area contributed by atoms with Crippen LogP contribution in [0.25, 0.3) is 0 Å². The van der Waals surface area contributed by atoms with Crippen molar-refractivity contribution < 1.29 is 14.5 Å². The number of carbonyl (C=O) groups excluding carboxylic acids is 2. The van der Waals surface area contributed by atoms with Crippen LogP contribution in [0.5, 0.6) is 0 Å². The van der Waals surface area contributed by atoms with E-state index in [0.717, 1.165) is 0 Å². The Morgan fingerprint density at radius 3 is 2.10 bits per heavy atom. The highest BCUT2D eigenvalue weighted by Crippen LogP contribution is 2.24. The Bertz CT molecular complexity index is 1070. The fourth-order valence-electron chi connectivity index (χ4n) is 2.70. The highest BCUT2D eigenvalue weighted by Gasteiger charge is 2.17. The largest absolute Gasteiger partial charge is 0.324 e. The van der Waals surface area contributed by atoms with Crippen molar-refractivity contribution in [2.24, 2.45) is 0 Å². The number of para-hydroxylation sites is 3. The van der Waals surface area contributed by atoms with Crippen molar-refractivity contribution in [2.45, 2.75) is 6.42 Å². The molecule has 3 aromatic carbocycles. The van der Waals surface area contributed by atoms with Crippen molar-refractivity contribution in [1.29, 1.82) is 0 Å². The maximum absolute atomic E-state index is 12.4. The topological polar surface area (TPSA) is 101 Å². The molecule has 0 saturated heterocycles. The molecule has 0 fully saturated rings. The zero-order chi connectivity index (χ0) is 20.8. The molecule has 0 aliphatic heterocycles. The fourth-order valence-corrected chi connectivity index (χ4v) is 2.83. The first-order valence-corrected chi connectivity index (χ1v) is 9.00. The second kappa shape index (κ2) is 8.99. The molecule has 0 bridgehead atoms. The van der Waals surface area contributed by atoms with Crippen LogP contribution in [0.4, 0.5) is 17.1 Å². The molecule has 8 heteroatoms. The molecule has 29 heavy (non-hydrogen) atoms. The van der Waals surface area contributed by atoms with Crippen LogP contribution < -0.4 is 10.6 Å². The summed E-state index contributed by atoms with van der Waals surface area (Å²) in [6.07, 6.45) is -0.170. The van der Waals surface area contributed by atoms with Crippen LogP contribution in [0.1, 0.15) is 15.9 Å². The first-order chi connectivity index (χ1) is 13.9. The van der Waals surface area contributed by atoms with Crippen molar-refractivity contribution >= 4 is 40.5 Å². The standard InChI is InChI=1S/C21H16ClN3O4/c22-16-11-9-14(10-12-16)21(27)24-18-7-3-2-6-17(18)23-20(26)13-15-5-1-4-8-19(15)25(28)29/h1-12H,13H2,(H,23,26)(H,24,27). The molecule has 3 aromatic rings. The number of anilines is 2. The van der Waals surface area contributed by atoms with Gasteiger partial charge in [-0.2, -0.15) is 0 Å². The highest BCUT2D eigenvalue weighted by molar-refractivity contribution is 6.30. The zero-order valence-corrected chi connectivity index (χ0v) is 15.8. The lowest BCUT2D eigenvalue weighted by molar-refractivity contribution is -0.385. The predicted molar refractivity (Wildman–Crippen MR) is 111 cm³/mol. The Morgan fingerprint density at radius 2 is 1.45 bits per heavy atom. The van der Waals surface area contributed by atoms with Gasteiger partial charge in [0.15, 0.2) is 0 Å². The Labute approximate surface area is 171 Å². The lowest BCUT2D eigenvalue weighted by Gasteiger charge is -2.12. The third-order valence-electron chi connectivity index (χ3n) is 4.10. The monoisotopic (exact) mass is 409 g/mol. The van der Waals surface area contributed by atoms with E-state index in [1.165, 1.54) is 12.1 Å². The van der Waals surface area contributed by atoms with Gasteiger partial charge in [-0.3, -0.25) is 19.7 Å². The van der Waals surface area contributed by atoms with E-state index in [1.807, 2.05) is 0 Å². The number of amides is 2. The normalized spacial score (nSPS) is 10.2. The summed E-state index contributed by atoms with van der Waals surface area (Å²) in [5.74, 6) is -0.797. The second-order valence-electron chi connectivity index (χ2n) is 6.12. The molecule has 0 aliphatic rings. The summed E-state index contributed by atoms with van der Waals surface area (Å²) >= 11 is 5.83. The van der Waals surface area contributed by atoms with E-state index in [9.17, 15) is 19.7 Å². The molecule has 0 saturated carbocycles. The number of nitro benzene ring substituents is 1. The van der Waals surface area contributed by atoms with Crippen LogP contribution in [-0.4, -0.2) is 16.7 Å². The van der Waals surface area contributed by atoms with Gasteiger partial charge in [0.2, 0.25) is 5.91 Å². The Balaban J connectivity index is 1.74. The van der Waals surface area contributed by atoms with Gasteiger partial charge in [0.05, 0.1) is 22.7 Å². The smallest absolute Gasteiger partial charge is 0.273 e. The number of hydrogen-bond acceptors (Lipinski definition) is 4. The lowest BCUT2D eigenvalue weighted by Crippen LogP contribution is -2.18. The summed E-state index contributed by atoms with van der Waals surface area (Å²) in [5, 5.41) is 17.1. The number of nitrogens with one attached hydrogen (secondary N) is 2. The maximum Gasteiger partial charge on any atom is 0.273 e. The molecular weight excluding hydrogens is 394 g/mol. The average Bonchev–Trinajstić information content (AvgIpc) is 2.70. The number of benzene rings is 3. The Kier molecular flexibility index (Phi) is 6.21. The van der Waals surface area contributed by atoms with Crippen LogP contribution in [0, 0.1) is 10.1 Å². The SMILES string of the molecule is O=C(Cc1ccccc1[N+](=O)[O-])Nc1ccccc1NC(=O)c1ccc(Cl)cc1. The minimum atomic E-state index is -0.525. The van der Waals surface area contributed by atoms with Crippen molar-refractivity contribution in [2.75, 3.05) is 10.6 Å². The lowest BCUT2D eigenvalue weighted by atomic mass is 10.1. The Hall–Kier alpha value is -3.71. The second-order valence-corrected chi connectivity index (χ2v) is 6.55. The molecule has 0 spiro atoms. The van der Waals surface area contributed by atoms with Gasteiger partial charge in [0.1, 0.15) is 0 Å². The van der Waals surface area contributed by atoms with Crippen LogP contribution in [0.2, 0.25) is 5.02 Å². The summed E-state index contributed by atoms with van der Waals surface area (Å²) in [6, 6.07) is 19.2. The summed E-state index contributed by atoms with van der Waals surface area (Å²) in [5.41, 5.74) is 1.39. The van der Waals surface area contributed by atoms with Crippen LogP contribution in [0.3, 0.4) is 0 Å². The van der Waals surface area contributed by atoms with E-state index in [1.54, 1.807) is 60.7 Å². The van der Waals surface area contributed by atoms with Gasteiger partial charge >= 0.3 is 0 Å². The first kappa shape index (κ1) is 20.0. The fraction of sp³-hybridized carbons (Fsp3) is 0.0476. The van der Waals surface area contributed by atoms with Gasteiger partial charge in [0.25, 0.3) is 11.6 Å². The third kappa shape index (κ3) is 5.18. The van der Waals surface area contributed by atoms with Crippen LogP contribution in [-0.2, 0) is 11.2 Å². The first-order valence-electron chi connectivity index (χ1n) is 8.62. The van der Waals surface area contributed by atoms with Gasteiger partial charge in [-0.15, -0.1) is 0 Å². The van der Waals surface area contributed by atoms with E-state index >= 15 is 0 Å². The number of carbonyl (C=O) groups is 2. The van der Waals surface area contributed by atoms with Gasteiger partial charge in [-0.25, -0.2) is 0 Å². The Morgan fingerprint density at radius 1 is 0.862 bits per heavy atom. The van der Waals surface area contributed by atoms with Gasteiger partial charge in [-0.1, -0.05) is 41.9 Å². The molecule has 2 amide bonds. The summed E-state index contributed by atoms with van der Waals surface area (Å²) in [6.45, 7) is 0. The molecule has 0 atom stereocenters. The molecule has 0 heterocycles. The summed E-state index contributed by atoms with van der Waals surface area (Å²) < 4.78 is 0. The van der Waals surface area contributed by atoms with Crippen molar-refractivity contribution in [3.05, 3.63) is 99.1 Å². The van der Waals surface area contributed by atoms with Crippen molar-refractivity contribution in [3.8, 4) is 0 Å². The zero-order valence-electron chi connectivity index (χ0n) is 15.1. The van der Waals surface area contributed by atoms with E-state index < -0.39 is 10.8 Å². The molecule has 7 nitrogen and oxygen atoms in total. The molecule has 3 rings (SSSR count). The molecular formula is C21H16ClN3O4. The molecule has 0 radical (unpaired) electrons. The molecule has 0 unspecified atom stereocenters. The van der Waals surface area contributed by atoms with Crippen LogP contribution >= 0.6 is 11.6 Å². The van der Waals surface area contributed by atoms with E-state index in [4.69, 9.17) is 11.6 Å². The number of nitrogens with zero attached hydrogens (tertiary/aromatic N) is 1. The minimum Gasteiger partial charge on any atom is -0.324 e. The van der Waals surface area contributed by atoms with E-state index in [2.05, 4.69) is 10.6 Å². The molecule has 2 N–H and O–H groups in total. The number of nitro groups is 1. The van der Waals surface area contributed by atoms with Crippen molar-refractivity contribution in [3.63, 3.8) is 0 Å².